The van der Waals surface area contributed by atoms with Gasteiger partial charge >= 0.3 is 0 Å². The smallest absolute Gasteiger partial charge is 0.193 e. The highest BCUT2D eigenvalue weighted by Crippen LogP contribution is 2.11. The lowest BCUT2D eigenvalue weighted by Gasteiger charge is -2.36. The SMILES string of the molecule is CN=C(NCCCc1ccc(O)cc1)N1CCN(Cc2cc(C)on2)CC1.I. The molecule has 1 saturated heterocycles. The molecule has 0 unspecified atom stereocenters. The maximum absolute atomic E-state index is 9.33. The number of aromatic nitrogens is 1. The summed E-state index contributed by atoms with van der Waals surface area (Å²) in [5.41, 5.74) is 2.24. The highest BCUT2D eigenvalue weighted by atomic mass is 127. The Morgan fingerprint density at radius 2 is 1.93 bits per heavy atom. The Bertz CT molecular complexity index is 739. The van der Waals surface area contributed by atoms with Crippen LogP contribution in [0.4, 0.5) is 0 Å². The first-order valence-corrected chi connectivity index (χ1v) is 9.52. The third kappa shape index (κ3) is 6.66. The molecule has 1 aromatic heterocycles. The lowest BCUT2D eigenvalue weighted by atomic mass is 10.1. The number of aryl methyl sites for hydroxylation is 2. The second-order valence-corrected chi connectivity index (χ2v) is 6.94. The number of phenols is 1. The standard InChI is InChI=1S/C20H29N5O2.HI/c1-16-14-18(23-27-16)15-24-10-12-25(13-11-24)20(21-2)22-9-3-4-17-5-7-19(26)8-6-17;/h5-8,14,26H,3-4,9-13,15H2,1-2H3,(H,21,22);1H. The molecule has 2 N–H and O–H groups in total. The van der Waals surface area contributed by atoms with Gasteiger partial charge in [-0.3, -0.25) is 9.89 Å². The summed E-state index contributed by atoms with van der Waals surface area (Å²) < 4.78 is 5.15. The van der Waals surface area contributed by atoms with Gasteiger partial charge in [0.25, 0.3) is 0 Å². The summed E-state index contributed by atoms with van der Waals surface area (Å²) in [5.74, 6) is 2.15. The molecule has 0 spiro atoms. The molecule has 28 heavy (non-hydrogen) atoms. The number of phenolic OH excluding ortho intramolecular Hbond substituents is 1. The predicted octanol–water partition coefficient (Wildman–Crippen LogP) is 2.63. The van der Waals surface area contributed by atoms with Gasteiger partial charge in [0, 0.05) is 52.4 Å². The van der Waals surface area contributed by atoms with Crippen molar-refractivity contribution in [3.05, 3.63) is 47.3 Å². The van der Waals surface area contributed by atoms with E-state index in [2.05, 4.69) is 25.3 Å². The first kappa shape index (κ1) is 22.5. The maximum atomic E-state index is 9.33. The zero-order chi connectivity index (χ0) is 19.1. The molecule has 1 aliphatic heterocycles. The van der Waals surface area contributed by atoms with E-state index in [-0.39, 0.29) is 24.0 Å². The minimum absolute atomic E-state index is 0. The lowest BCUT2D eigenvalue weighted by Crippen LogP contribution is -2.52. The predicted molar refractivity (Wildman–Crippen MR) is 121 cm³/mol. The topological polar surface area (TPSA) is 77.1 Å². The van der Waals surface area contributed by atoms with Crippen molar-refractivity contribution in [3.63, 3.8) is 0 Å². The van der Waals surface area contributed by atoms with Gasteiger partial charge in [0.15, 0.2) is 5.96 Å². The van der Waals surface area contributed by atoms with Crippen LogP contribution in [0.3, 0.4) is 0 Å². The second-order valence-electron chi connectivity index (χ2n) is 6.94. The van der Waals surface area contributed by atoms with Crippen LogP contribution in [0.25, 0.3) is 0 Å². The minimum Gasteiger partial charge on any atom is -0.508 e. The number of nitrogens with one attached hydrogen (secondary N) is 1. The average molecular weight is 499 g/mol. The number of aliphatic imine (C=N–C) groups is 1. The van der Waals surface area contributed by atoms with Crippen LogP contribution < -0.4 is 5.32 Å². The van der Waals surface area contributed by atoms with Gasteiger partial charge in [0.1, 0.15) is 11.5 Å². The zero-order valence-electron chi connectivity index (χ0n) is 16.6. The molecular weight excluding hydrogens is 469 g/mol. The average Bonchev–Trinajstić information content (AvgIpc) is 3.09. The number of hydrogen-bond acceptors (Lipinski definition) is 5. The monoisotopic (exact) mass is 499 g/mol. The van der Waals surface area contributed by atoms with E-state index < -0.39 is 0 Å². The van der Waals surface area contributed by atoms with Gasteiger partial charge < -0.3 is 19.8 Å². The van der Waals surface area contributed by atoms with Crippen molar-refractivity contribution < 1.29 is 9.63 Å². The zero-order valence-corrected chi connectivity index (χ0v) is 18.9. The molecule has 2 heterocycles. The first-order valence-electron chi connectivity index (χ1n) is 9.52. The number of benzene rings is 1. The summed E-state index contributed by atoms with van der Waals surface area (Å²) in [6.07, 6.45) is 2.00. The summed E-state index contributed by atoms with van der Waals surface area (Å²) in [4.78, 5) is 9.14. The Hall–Kier alpha value is -1.81. The number of nitrogens with zero attached hydrogens (tertiary/aromatic N) is 4. The summed E-state index contributed by atoms with van der Waals surface area (Å²) in [6.45, 7) is 7.52. The number of piperazine rings is 1. The fraction of sp³-hybridized carbons (Fsp3) is 0.500. The molecule has 1 fully saturated rings. The van der Waals surface area contributed by atoms with Gasteiger partial charge in [0.2, 0.25) is 0 Å². The Labute approximate surface area is 183 Å². The van der Waals surface area contributed by atoms with E-state index in [0.717, 1.165) is 69.5 Å². The molecule has 0 atom stereocenters. The normalized spacial score (nSPS) is 15.4. The van der Waals surface area contributed by atoms with Crippen LogP contribution in [-0.4, -0.2) is 65.8 Å². The van der Waals surface area contributed by atoms with Gasteiger partial charge in [-0.25, -0.2) is 0 Å². The molecule has 0 amide bonds. The fourth-order valence-corrected chi connectivity index (χ4v) is 3.33. The molecule has 0 aliphatic carbocycles. The van der Waals surface area contributed by atoms with Crippen molar-refractivity contribution in [3.8, 4) is 5.75 Å². The van der Waals surface area contributed by atoms with Crippen molar-refractivity contribution in [1.29, 1.82) is 0 Å². The van der Waals surface area contributed by atoms with Crippen molar-refractivity contribution >= 4 is 29.9 Å². The van der Waals surface area contributed by atoms with Gasteiger partial charge in [-0.1, -0.05) is 17.3 Å². The third-order valence-corrected chi connectivity index (χ3v) is 4.81. The third-order valence-electron chi connectivity index (χ3n) is 4.81. The van der Waals surface area contributed by atoms with E-state index >= 15 is 0 Å². The van der Waals surface area contributed by atoms with Crippen LogP contribution in [0.2, 0.25) is 0 Å². The van der Waals surface area contributed by atoms with E-state index in [0.29, 0.717) is 5.75 Å². The molecule has 8 heteroatoms. The van der Waals surface area contributed by atoms with Gasteiger partial charge in [-0.15, -0.1) is 24.0 Å². The van der Waals surface area contributed by atoms with Crippen LogP contribution in [0.1, 0.15) is 23.4 Å². The quantitative estimate of drug-likeness (QED) is 0.276. The molecule has 2 aromatic rings. The molecule has 3 rings (SSSR count). The number of guanidine groups is 1. The van der Waals surface area contributed by atoms with Crippen LogP contribution in [0, 0.1) is 6.92 Å². The van der Waals surface area contributed by atoms with E-state index in [1.54, 1.807) is 12.1 Å². The number of halogens is 1. The van der Waals surface area contributed by atoms with Crippen molar-refractivity contribution in [2.45, 2.75) is 26.3 Å². The van der Waals surface area contributed by atoms with E-state index in [4.69, 9.17) is 4.52 Å². The van der Waals surface area contributed by atoms with Gasteiger partial charge in [-0.2, -0.15) is 0 Å². The highest BCUT2D eigenvalue weighted by molar-refractivity contribution is 14.0. The molecule has 0 saturated carbocycles. The van der Waals surface area contributed by atoms with Gasteiger partial charge in [-0.05, 0) is 37.5 Å². The molecule has 154 valence electrons. The fourth-order valence-electron chi connectivity index (χ4n) is 3.33. The summed E-state index contributed by atoms with van der Waals surface area (Å²) in [7, 11) is 1.84. The summed E-state index contributed by atoms with van der Waals surface area (Å²) >= 11 is 0. The molecule has 1 aromatic carbocycles. The van der Waals surface area contributed by atoms with Crippen LogP contribution in [0.15, 0.2) is 39.8 Å². The van der Waals surface area contributed by atoms with E-state index in [9.17, 15) is 5.11 Å². The number of rotatable bonds is 6. The molecule has 0 bridgehead atoms. The van der Waals surface area contributed by atoms with Crippen LogP contribution >= 0.6 is 24.0 Å². The summed E-state index contributed by atoms with van der Waals surface area (Å²) in [5, 5.41) is 16.9. The maximum Gasteiger partial charge on any atom is 0.193 e. The lowest BCUT2D eigenvalue weighted by molar-refractivity contribution is 0.169. The Morgan fingerprint density at radius 3 is 2.54 bits per heavy atom. The van der Waals surface area contributed by atoms with Crippen LogP contribution in [0.5, 0.6) is 5.75 Å². The molecule has 7 nitrogen and oxygen atoms in total. The van der Waals surface area contributed by atoms with E-state index in [1.807, 2.05) is 32.2 Å². The Kier molecular flexibility index (Phi) is 9.04. The molecule has 1 aliphatic rings. The largest absolute Gasteiger partial charge is 0.508 e. The first-order chi connectivity index (χ1) is 13.1. The second kappa shape index (κ2) is 11.3. The molecular formula is C20H30IN5O2. The number of aromatic hydroxyl groups is 1. The Morgan fingerprint density at radius 1 is 1.21 bits per heavy atom. The molecule has 0 radical (unpaired) electrons. The highest BCUT2D eigenvalue weighted by Gasteiger charge is 2.20. The summed E-state index contributed by atoms with van der Waals surface area (Å²) in [6, 6.07) is 9.42. The van der Waals surface area contributed by atoms with Gasteiger partial charge in [0.05, 0.1) is 5.69 Å². The van der Waals surface area contributed by atoms with Crippen LogP contribution in [-0.2, 0) is 13.0 Å². The van der Waals surface area contributed by atoms with Crippen molar-refractivity contribution in [2.24, 2.45) is 4.99 Å². The van der Waals surface area contributed by atoms with Crippen molar-refractivity contribution in [1.82, 2.24) is 20.3 Å². The number of hydrogen-bond donors (Lipinski definition) is 2. The Balaban J connectivity index is 0.00000280. The minimum atomic E-state index is 0. The van der Waals surface area contributed by atoms with Crippen molar-refractivity contribution in [2.75, 3.05) is 39.8 Å². The van der Waals surface area contributed by atoms with E-state index in [1.165, 1.54) is 5.56 Å².